The van der Waals surface area contributed by atoms with Gasteiger partial charge in [0.25, 0.3) is 5.56 Å². The molecule has 3 heterocycles. The van der Waals surface area contributed by atoms with Gasteiger partial charge in [-0.15, -0.1) is 11.8 Å². The molecule has 1 aliphatic heterocycles. The molecule has 30 heavy (non-hydrogen) atoms. The van der Waals surface area contributed by atoms with Gasteiger partial charge < -0.3 is 4.74 Å². The zero-order valence-corrected chi connectivity index (χ0v) is 18.0. The Morgan fingerprint density at radius 2 is 1.93 bits per heavy atom. The van der Waals surface area contributed by atoms with Crippen molar-refractivity contribution in [2.75, 3.05) is 19.5 Å². The topological polar surface area (TPSA) is 57.0 Å². The van der Waals surface area contributed by atoms with Gasteiger partial charge in [-0.2, -0.15) is 0 Å². The predicted octanol–water partition coefficient (Wildman–Crippen LogP) is 2.81. The molecule has 1 aromatic carbocycles. The first-order chi connectivity index (χ1) is 14.8. The van der Waals surface area contributed by atoms with Gasteiger partial charge in [-0.05, 0) is 60.4 Å². The van der Waals surface area contributed by atoms with Gasteiger partial charge in [0.1, 0.15) is 0 Å². The van der Waals surface area contributed by atoms with E-state index in [0.717, 1.165) is 53.3 Å². The van der Waals surface area contributed by atoms with E-state index < -0.39 is 0 Å². The number of ether oxygens (including phenoxy) is 1. The van der Waals surface area contributed by atoms with E-state index in [2.05, 4.69) is 35.5 Å². The van der Waals surface area contributed by atoms with Crippen LogP contribution in [0.2, 0.25) is 0 Å². The van der Waals surface area contributed by atoms with Crippen LogP contribution < -0.4 is 16.0 Å². The monoisotopic (exact) mass is 419 g/mol. The lowest BCUT2D eigenvalue weighted by Gasteiger charge is -2.24. The largest absolute Gasteiger partial charge is 0.381 e. The van der Waals surface area contributed by atoms with Gasteiger partial charge in [0.05, 0.1) is 22.3 Å². The van der Waals surface area contributed by atoms with Crippen LogP contribution in [-0.4, -0.2) is 34.0 Å². The van der Waals surface area contributed by atoms with E-state index in [-0.39, 0.29) is 11.6 Å². The normalized spacial score (nSPS) is 16.7. The Balaban J connectivity index is 1.71. The maximum Gasteiger partial charge on any atom is 0.261 e. The lowest BCUT2D eigenvalue weighted by molar-refractivity contribution is 0.0685. The minimum atomic E-state index is 0.0613. The Hall–Kier alpha value is -2.44. The molecule has 0 N–H and O–H groups in total. The van der Waals surface area contributed by atoms with E-state index in [0.29, 0.717) is 13.2 Å². The van der Waals surface area contributed by atoms with E-state index in [1.54, 1.807) is 18.1 Å². The first-order valence-electron chi connectivity index (χ1n) is 10.5. The third-order valence-electron chi connectivity index (χ3n) is 6.11. The molecule has 0 atom stereocenters. The number of benzene rings is 1. The number of pyridine rings is 1. The summed E-state index contributed by atoms with van der Waals surface area (Å²) in [6.07, 6.45) is 14.7. The highest BCUT2D eigenvalue weighted by molar-refractivity contribution is 7.98. The molecule has 0 bridgehead atoms. The van der Waals surface area contributed by atoms with Crippen molar-refractivity contribution in [2.24, 2.45) is 0 Å². The van der Waals surface area contributed by atoms with Crippen molar-refractivity contribution in [3.8, 4) is 0 Å². The van der Waals surface area contributed by atoms with Crippen molar-refractivity contribution in [2.45, 2.75) is 43.2 Å². The van der Waals surface area contributed by atoms with Crippen LogP contribution in [0.5, 0.6) is 0 Å². The van der Waals surface area contributed by atoms with Crippen LogP contribution in [0.15, 0.2) is 40.5 Å². The van der Waals surface area contributed by atoms with Crippen molar-refractivity contribution in [3.05, 3.63) is 62.6 Å². The molecule has 6 heteroatoms. The molecule has 5 nitrogen and oxygen atoms in total. The number of hydrogen-bond acceptors (Lipinski definition) is 5. The van der Waals surface area contributed by atoms with Gasteiger partial charge in [0, 0.05) is 37.1 Å². The quantitative estimate of drug-likeness (QED) is 0.609. The Bertz CT molecular complexity index is 1280. The Morgan fingerprint density at radius 3 is 2.73 bits per heavy atom. The molecule has 0 amide bonds. The summed E-state index contributed by atoms with van der Waals surface area (Å²) >= 11 is 1.66. The molecule has 2 aliphatic rings. The van der Waals surface area contributed by atoms with Gasteiger partial charge in [-0.3, -0.25) is 9.36 Å². The summed E-state index contributed by atoms with van der Waals surface area (Å²) in [6.45, 7) is 1.40. The summed E-state index contributed by atoms with van der Waals surface area (Å²) in [5, 5.41) is 4.09. The summed E-state index contributed by atoms with van der Waals surface area (Å²) in [5.41, 5.74) is 3.26. The number of nitrogens with zero attached hydrogens (tertiary/aromatic N) is 3. The van der Waals surface area contributed by atoms with Gasteiger partial charge >= 0.3 is 0 Å². The van der Waals surface area contributed by atoms with E-state index >= 15 is 0 Å². The number of thioether (sulfide) groups is 1. The smallest absolute Gasteiger partial charge is 0.261 e. The summed E-state index contributed by atoms with van der Waals surface area (Å²) in [6, 6.07) is 6.36. The molecule has 0 spiro atoms. The second-order valence-corrected chi connectivity index (χ2v) is 8.69. The minimum absolute atomic E-state index is 0.0613. The van der Waals surface area contributed by atoms with Crippen molar-refractivity contribution < 1.29 is 4.74 Å². The van der Waals surface area contributed by atoms with Gasteiger partial charge in [-0.1, -0.05) is 18.2 Å². The molecule has 0 radical (unpaired) electrons. The summed E-state index contributed by atoms with van der Waals surface area (Å²) < 4.78 is 7.30. The third kappa shape index (κ3) is 3.48. The van der Waals surface area contributed by atoms with Crippen LogP contribution >= 0.6 is 11.8 Å². The number of hydrogen-bond donors (Lipinski definition) is 0. The molecule has 1 saturated heterocycles. The standard InChI is InChI=1S/C24H25N3O2S/c1-30-23-16(5-4-10-25-23)13-17-14-21-22(20-7-3-2-6-19(17)20)26-15-27(24(21)28)18-8-11-29-12-9-18/h4-7,10,14-15,18H,2-3,8-9,11-13H2,1H3. The third-order valence-corrected chi connectivity index (χ3v) is 6.87. The zero-order valence-electron chi connectivity index (χ0n) is 17.1. The molecule has 1 fully saturated rings. The number of fused-ring (bicyclic) bond motifs is 3. The fraction of sp³-hybridized carbons (Fsp3) is 0.375. The summed E-state index contributed by atoms with van der Waals surface area (Å²) in [5.74, 6) is 0. The van der Waals surface area contributed by atoms with Crippen LogP contribution in [0.4, 0.5) is 0 Å². The maximum absolute atomic E-state index is 13.5. The van der Waals surface area contributed by atoms with Gasteiger partial charge in [-0.25, -0.2) is 9.97 Å². The van der Waals surface area contributed by atoms with Crippen molar-refractivity contribution in [1.29, 1.82) is 0 Å². The lowest BCUT2D eigenvalue weighted by atomic mass is 9.96. The number of aromatic nitrogens is 3. The molecule has 5 rings (SSSR count). The van der Waals surface area contributed by atoms with Crippen molar-refractivity contribution >= 4 is 34.8 Å². The first-order valence-corrected chi connectivity index (χ1v) is 11.8. The van der Waals surface area contributed by atoms with Crippen LogP contribution in [-0.2, 0) is 11.2 Å². The van der Waals surface area contributed by atoms with Crippen LogP contribution in [0.3, 0.4) is 0 Å². The van der Waals surface area contributed by atoms with Crippen LogP contribution in [0.25, 0.3) is 23.1 Å². The molecular weight excluding hydrogens is 394 g/mol. The molecule has 3 aromatic rings. The van der Waals surface area contributed by atoms with E-state index in [4.69, 9.17) is 9.72 Å². The highest BCUT2D eigenvalue weighted by atomic mass is 32.2. The van der Waals surface area contributed by atoms with Crippen LogP contribution in [0, 0.1) is 0 Å². The highest BCUT2D eigenvalue weighted by Gasteiger charge is 2.19. The molecule has 0 saturated carbocycles. The molecule has 2 aromatic heterocycles. The molecule has 1 aliphatic carbocycles. The van der Waals surface area contributed by atoms with E-state index in [9.17, 15) is 4.79 Å². The lowest BCUT2D eigenvalue weighted by Crippen LogP contribution is -2.36. The average Bonchev–Trinajstić information content (AvgIpc) is 2.81. The Morgan fingerprint density at radius 1 is 1.13 bits per heavy atom. The Kier molecular flexibility index (Phi) is 5.44. The zero-order chi connectivity index (χ0) is 20.5. The number of rotatable bonds is 4. The predicted molar refractivity (Wildman–Crippen MR) is 121 cm³/mol. The molecule has 154 valence electrons. The van der Waals surface area contributed by atoms with Crippen molar-refractivity contribution in [1.82, 2.24) is 14.5 Å². The van der Waals surface area contributed by atoms with E-state index in [1.165, 1.54) is 16.3 Å². The summed E-state index contributed by atoms with van der Waals surface area (Å²) in [7, 11) is 0. The maximum atomic E-state index is 13.5. The van der Waals surface area contributed by atoms with Gasteiger partial charge in [0.15, 0.2) is 0 Å². The first kappa shape index (κ1) is 19.5. The fourth-order valence-electron chi connectivity index (χ4n) is 4.60. The van der Waals surface area contributed by atoms with E-state index in [1.807, 2.05) is 16.8 Å². The van der Waals surface area contributed by atoms with Crippen molar-refractivity contribution in [3.63, 3.8) is 0 Å². The molecule has 0 unspecified atom stereocenters. The fourth-order valence-corrected chi connectivity index (χ4v) is 5.17. The molecular formula is C24H25N3O2S. The Labute approximate surface area is 179 Å². The highest BCUT2D eigenvalue weighted by Crippen LogP contribution is 2.21. The summed E-state index contributed by atoms with van der Waals surface area (Å²) in [4.78, 5) is 22.8. The van der Waals surface area contributed by atoms with Crippen LogP contribution in [0.1, 0.15) is 42.9 Å². The minimum Gasteiger partial charge on any atom is -0.381 e. The second kappa shape index (κ2) is 8.36. The van der Waals surface area contributed by atoms with Gasteiger partial charge in [0.2, 0.25) is 0 Å². The SMILES string of the molecule is CSc1ncccc1Cc1cc2c(=O)n(C3CCOCC3)cnc2c2c1=CCCC=2. The second-order valence-electron chi connectivity index (χ2n) is 7.89. The average molecular weight is 420 g/mol.